The average Bonchev–Trinajstić information content (AvgIpc) is 2.43. The number of aromatic nitrogens is 2. The van der Waals surface area contributed by atoms with Gasteiger partial charge >= 0.3 is 0 Å². The Morgan fingerprint density at radius 1 is 1.75 bits per heavy atom. The Hall–Kier alpha value is -0.830. The number of hydrogen-bond acceptors (Lipinski definition) is 2. The van der Waals surface area contributed by atoms with Crippen LogP contribution < -0.4 is 0 Å². The van der Waals surface area contributed by atoms with E-state index >= 15 is 0 Å². The van der Waals surface area contributed by atoms with Crippen LogP contribution >= 0.6 is 0 Å². The molecule has 0 bridgehead atoms. The van der Waals surface area contributed by atoms with Crippen LogP contribution in [0.2, 0.25) is 0 Å². The van der Waals surface area contributed by atoms with Crippen molar-refractivity contribution in [3.05, 3.63) is 17.5 Å². The van der Waals surface area contributed by atoms with E-state index in [4.69, 9.17) is 5.11 Å². The number of aliphatic hydroxyl groups excluding tert-OH is 1. The van der Waals surface area contributed by atoms with Crippen LogP contribution in [0, 0.1) is 5.92 Å². The van der Waals surface area contributed by atoms with Gasteiger partial charge in [-0.1, -0.05) is 0 Å². The molecule has 1 N–H and O–H groups in total. The molecule has 3 heteroatoms. The van der Waals surface area contributed by atoms with Crippen LogP contribution in [-0.2, 0) is 19.9 Å². The van der Waals surface area contributed by atoms with Gasteiger partial charge in [0.05, 0.1) is 5.69 Å². The molecule has 0 radical (unpaired) electrons. The molecular formula is C9H14N2O. The largest absolute Gasteiger partial charge is 0.396 e. The fourth-order valence-electron chi connectivity index (χ4n) is 1.86. The summed E-state index contributed by atoms with van der Waals surface area (Å²) in [6.07, 6.45) is 5.22. The van der Waals surface area contributed by atoms with Gasteiger partial charge in [-0.2, -0.15) is 5.10 Å². The third-order valence-corrected chi connectivity index (χ3v) is 2.55. The average molecular weight is 166 g/mol. The summed E-state index contributed by atoms with van der Waals surface area (Å²) in [6, 6.07) is 0. The van der Waals surface area contributed by atoms with Crippen LogP contribution in [0.5, 0.6) is 0 Å². The van der Waals surface area contributed by atoms with Gasteiger partial charge in [0.15, 0.2) is 0 Å². The van der Waals surface area contributed by atoms with Gasteiger partial charge < -0.3 is 5.11 Å². The molecule has 2 rings (SSSR count). The zero-order valence-electron chi connectivity index (χ0n) is 7.32. The van der Waals surface area contributed by atoms with Crippen molar-refractivity contribution in [1.29, 1.82) is 0 Å². The second-order valence-corrected chi connectivity index (χ2v) is 3.57. The van der Waals surface area contributed by atoms with Gasteiger partial charge in [0.2, 0.25) is 0 Å². The van der Waals surface area contributed by atoms with Gasteiger partial charge in [-0.25, -0.2) is 0 Å². The molecule has 1 aromatic rings. The van der Waals surface area contributed by atoms with Crippen LogP contribution in [0.3, 0.4) is 0 Å². The third-order valence-electron chi connectivity index (χ3n) is 2.55. The Morgan fingerprint density at radius 2 is 2.58 bits per heavy atom. The fourth-order valence-corrected chi connectivity index (χ4v) is 1.86. The van der Waals surface area contributed by atoms with Crippen LogP contribution in [-0.4, -0.2) is 21.5 Å². The molecular weight excluding hydrogens is 152 g/mol. The van der Waals surface area contributed by atoms with E-state index in [1.807, 2.05) is 11.7 Å². The van der Waals surface area contributed by atoms with Gasteiger partial charge in [0, 0.05) is 19.9 Å². The van der Waals surface area contributed by atoms with E-state index in [-0.39, 0.29) is 0 Å². The Morgan fingerprint density at radius 3 is 3.33 bits per heavy atom. The number of hydrogen-bond donors (Lipinski definition) is 1. The maximum atomic E-state index is 8.99. The van der Waals surface area contributed by atoms with Gasteiger partial charge in [-0.05, 0) is 30.7 Å². The maximum Gasteiger partial charge on any atom is 0.0660 e. The van der Waals surface area contributed by atoms with Crippen LogP contribution in [0.4, 0.5) is 0 Å². The van der Waals surface area contributed by atoms with E-state index in [0.29, 0.717) is 12.5 Å². The van der Waals surface area contributed by atoms with E-state index in [0.717, 1.165) is 19.3 Å². The zero-order chi connectivity index (χ0) is 8.55. The number of nitrogens with zero attached hydrogens (tertiary/aromatic N) is 2. The molecule has 1 unspecified atom stereocenters. The van der Waals surface area contributed by atoms with Crippen molar-refractivity contribution in [2.45, 2.75) is 19.3 Å². The summed E-state index contributed by atoms with van der Waals surface area (Å²) in [5, 5.41) is 13.3. The predicted molar refractivity (Wildman–Crippen MR) is 45.8 cm³/mol. The fraction of sp³-hybridized carbons (Fsp3) is 0.667. The second kappa shape index (κ2) is 2.90. The molecule has 1 aromatic heterocycles. The summed E-state index contributed by atoms with van der Waals surface area (Å²) >= 11 is 0. The molecule has 12 heavy (non-hydrogen) atoms. The van der Waals surface area contributed by atoms with Gasteiger partial charge in [-0.3, -0.25) is 4.68 Å². The molecule has 1 heterocycles. The molecule has 66 valence electrons. The van der Waals surface area contributed by atoms with Crippen LogP contribution in [0.25, 0.3) is 0 Å². The summed E-state index contributed by atoms with van der Waals surface area (Å²) < 4.78 is 1.87. The Balaban J connectivity index is 2.22. The molecule has 3 nitrogen and oxygen atoms in total. The van der Waals surface area contributed by atoms with E-state index in [1.165, 1.54) is 11.3 Å². The summed E-state index contributed by atoms with van der Waals surface area (Å²) in [5.41, 5.74) is 2.55. The number of aryl methyl sites for hydroxylation is 2. The highest BCUT2D eigenvalue weighted by Crippen LogP contribution is 2.23. The van der Waals surface area contributed by atoms with E-state index in [1.54, 1.807) is 0 Å². The van der Waals surface area contributed by atoms with E-state index < -0.39 is 0 Å². The molecule has 0 fully saturated rings. The summed E-state index contributed by atoms with van der Waals surface area (Å²) in [5.74, 6) is 0.437. The standard InChI is InChI=1S/C9H14N2O/c1-11-5-8-3-2-7(6-12)4-9(8)10-11/h5,7,12H,2-4,6H2,1H3. The molecule has 0 saturated carbocycles. The normalized spacial score (nSPS) is 22.3. The first-order valence-electron chi connectivity index (χ1n) is 4.42. The van der Waals surface area contributed by atoms with Crippen molar-refractivity contribution in [3.8, 4) is 0 Å². The highest BCUT2D eigenvalue weighted by atomic mass is 16.3. The van der Waals surface area contributed by atoms with Crippen molar-refractivity contribution in [3.63, 3.8) is 0 Å². The second-order valence-electron chi connectivity index (χ2n) is 3.57. The summed E-state index contributed by atoms with van der Waals surface area (Å²) in [6.45, 7) is 0.302. The lowest BCUT2D eigenvalue weighted by atomic mass is 9.89. The number of aliphatic hydroxyl groups is 1. The Kier molecular flexibility index (Phi) is 1.89. The summed E-state index contributed by atoms with van der Waals surface area (Å²) in [7, 11) is 1.95. The van der Waals surface area contributed by atoms with Crippen molar-refractivity contribution in [1.82, 2.24) is 9.78 Å². The smallest absolute Gasteiger partial charge is 0.0660 e. The minimum atomic E-state index is 0.302. The highest BCUT2D eigenvalue weighted by molar-refractivity contribution is 5.20. The van der Waals surface area contributed by atoms with Gasteiger partial charge in [0.1, 0.15) is 0 Å². The first kappa shape index (κ1) is 7.80. The topological polar surface area (TPSA) is 38.0 Å². The van der Waals surface area contributed by atoms with Gasteiger partial charge in [0.25, 0.3) is 0 Å². The first-order valence-corrected chi connectivity index (χ1v) is 4.42. The van der Waals surface area contributed by atoms with Crippen molar-refractivity contribution >= 4 is 0 Å². The number of fused-ring (bicyclic) bond motifs is 1. The van der Waals surface area contributed by atoms with Gasteiger partial charge in [-0.15, -0.1) is 0 Å². The molecule has 0 aliphatic heterocycles. The minimum Gasteiger partial charge on any atom is -0.396 e. The van der Waals surface area contributed by atoms with E-state index in [2.05, 4.69) is 11.3 Å². The zero-order valence-corrected chi connectivity index (χ0v) is 7.32. The molecule has 1 aliphatic carbocycles. The number of rotatable bonds is 1. The quantitative estimate of drug-likeness (QED) is 0.660. The lowest BCUT2D eigenvalue weighted by molar-refractivity contribution is 0.212. The van der Waals surface area contributed by atoms with Crippen LogP contribution in [0.15, 0.2) is 6.20 Å². The highest BCUT2D eigenvalue weighted by Gasteiger charge is 2.20. The molecule has 0 aromatic carbocycles. The monoisotopic (exact) mass is 166 g/mol. The summed E-state index contributed by atoms with van der Waals surface area (Å²) in [4.78, 5) is 0. The lowest BCUT2D eigenvalue weighted by Crippen LogP contribution is -2.16. The lowest BCUT2D eigenvalue weighted by Gasteiger charge is -2.18. The third kappa shape index (κ3) is 1.25. The van der Waals surface area contributed by atoms with Crippen molar-refractivity contribution < 1.29 is 5.11 Å². The Labute approximate surface area is 72.0 Å². The maximum absolute atomic E-state index is 8.99. The van der Waals surface area contributed by atoms with Crippen molar-refractivity contribution in [2.75, 3.05) is 6.61 Å². The first-order chi connectivity index (χ1) is 5.79. The molecule has 1 aliphatic rings. The van der Waals surface area contributed by atoms with Crippen molar-refractivity contribution in [2.24, 2.45) is 13.0 Å². The SMILES string of the molecule is Cn1cc2c(n1)CC(CO)CC2. The molecule has 1 atom stereocenters. The minimum absolute atomic E-state index is 0.302. The Bertz CT molecular complexity index is 280. The van der Waals surface area contributed by atoms with E-state index in [9.17, 15) is 0 Å². The molecule has 0 saturated heterocycles. The van der Waals surface area contributed by atoms with Crippen LogP contribution in [0.1, 0.15) is 17.7 Å². The molecule has 0 spiro atoms. The molecule has 0 amide bonds. The predicted octanol–water partition coefficient (Wildman–Crippen LogP) is 0.517.